The molecule has 0 aromatic rings. The molecule has 0 aliphatic carbocycles. The molecule has 21 heavy (non-hydrogen) atoms. The Labute approximate surface area is 125 Å². The number of nitrogens with zero attached hydrogens (tertiary/aromatic N) is 1. The minimum atomic E-state index is -3.94. The van der Waals surface area contributed by atoms with Gasteiger partial charge in [-0.15, -0.1) is 0 Å². The van der Waals surface area contributed by atoms with Crippen LogP contribution in [0.1, 0.15) is 19.8 Å². The lowest BCUT2D eigenvalue weighted by atomic mass is 9.82. The van der Waals surface area contributed by atoms with Crippen LogP contribution in [0, 0.1) is 5.92 Å². The molecular weight excluding hydrogens is 299 g/mol. The van der Waals surface area contributed by atoms with Crippen molar-refractivity contribution < 1.29 is 23.3 Å². The number of rotatable bonds is 7. The second-order valence-corrected chi connectivity index (χ2v) is 7.08. The van der Waals surface area contributed by atoms with Crippen LogP contribution in [0.3, 0.4) is 0 Å². The molecule has 0 aromatic heterocycles. The first-order valence-electron chi connectivity index (χ1n) is 6.82. The van der Waals surface area contributed by atoms with Gasteiger partial charge in [0.15, 0.2) is 0 Å². The molecule has 1 aliphatic heterocycles. The largest absolute Gasteiger partial charge is 0.451 e. The fourth-order valence-electron chi connectivity index (χ4n) is 2.20. The minimum absolute atomic E-state index is 0.0780. The maximum atomic E-state index is 12.0. The Balaban J connectivity index is 2.56. The van der Waals surface area contributed by atoms with E-state index >= 15 is 0 Å². The lowest BCUT2D eigenvalue weighted by Crippen LogP contribution is -2.48. The smallest absolute Gasteiger partial charge is 0.427 e. The second-order valence-electron chi connectivity index (χ2n) is 5.41. The van der Waals surface area contributed by atoms with Gasteiger partial charge in [-0.3, -0.25) is 4.79 Å². The molecular formula is C10H23BN4O5S. The summed E-state index contributed by atoms with van der Waals surface area (Å²) in [7, 11) is -5.30. The maximum absolute atomic E-state index is 12.0. The molecule has 1 fully saturated rings. The molecule has 1 saturated heterocycles. The predicted molar refractivity (Wildman–Crippen MR) is 78.0 cm³/mol. The summed E-state index contributed by atoms with van der Waals surface area (Å²) in [5, 5.41) is 17.6. The minimum Gasteiger partial charge on any atom is -0.427 e. The molecule has 0 saturated carbocycles. The number of hydrogen-bond donors (Lipinski definition) is 5. The van der Waals surface area contributed by atoms with E-state index < -0.39 is 29.3 Å². The Morgan fingerprint density at radius 3 is 2.62 bits per heavy atom. The van der Waals surface area contributed by atoms with Crippen molar-refractivity contribution >= 4 is 23.2 Å². The standard InChI is InChI=1S/C10H23BN4O5S/c1-7(12)10(16)14-21(19,20)15-5-8(9(13)6-15)3-2-4-11(17)18/h7-9,17-18H,2-6,12-13H2,1H3,(H,14,16)/t7?,8-,9-/m0/s1. The molecule has 1 heterocycles. The average Bonchev–Trinajstić information content (AvgIpc) is 2.71. The van der Waals surface area contributed by atoms with Crippen molar-refractivity contribution in [2.75, 3.05) is 13.1 Å². The quantitative estimate of drug-likeness (QED) is 0.317. The molecule has 0 spiro atoms. The van der Waals surface area contributed by atoms with Crippen molar-refractivity contribution in [1.29, 1.82) is 0 Å². The lowest BCUT2D eigenvalue weighted by molar-refractivity contribution is -0.120. The summed E-state index contributed by atoms with van der Waals surface area (Å²) in [5.74, 6) is -0.846. The number of nitrogens with one attached hydrogen (secondary N) is 1. The van der Waals surface area contributed by atoms with Crippen LogP contribution in [0.15, 0.2) is 0 Å². The molecule has 1 aliphatic rings. The molecule has 1 unspecified atom stereocenters. The lowest BCUT2D eigenvalue weighted by Gasteiger charge is -2.17. The van der Waals surface area contributed by atoms with Gasteiger partial charge in [-0.25, -0.2) is 4.72 Å². The van der Waals surface area contributed by atoms with Gasteiger partial charge in [0, 0.05) is 19.1 Å². The maximum Gasteiger partial charge on any atom is 0.451 e. The number of carbonyl (C=O) groups is 1. The summed E-state index contributed by atoms with van der Waals surface area (Å²) in [4.78, 5) is 11.4. The van der Waals surface area contributed by atoms with Crippen LogP contribution in [-0.2, 0) is 15.0 Å². The zero-order chi connectivity index (χ0) is 16.2. The SMILES string of the molecule is CC(N)C(=O)NS(=O)(=O)N1C[C@H](CCCB(O)O)[C@@H](N)C1. The van der Waals surface area contributed by atoms with Crippen molar-refractivity contribution in [1.82, 2.24) is 9.03 Å². The first-order valence-corrected chi connectivity index (χ1v) is 8.26. The number of carbonyl (C=O) groups excluding carboxylic acids is 1. The zero-order valence-corrected chi connectivity index (χ0v) is 12.8. The molecule has 11 heteroatoms. The Morgan fingerprint density at radius 2 is 2.10 bits per heavy atom. The molecule has 1 rings (SSSR count). The summed E-state index contributed by atoms with van der Waals surface area (Å²) >= 11 is 0. The summed E-state index contributed by atoms with van der Waals surface area (Å²) in [6.07, 6.45) is 1.35. The fraction of sp³-hybridized carbons (Fsp3) is 0.900. The van der Waals surface area contributed by atoms with Crippen molar-refractivity contribution in [3.8, 4) is 0 Å². The molecule has 1 amide bonds. The van der Waals surface area contributed by atoms with E-state index in [9.17, 15) is 13.2 Å². The van der Waals surface area contributed by atoms with E-state index in [2.05, 4.69) is 0 Å². The third kappa shape index (κ3) is 5.53. The molecule has 0 bridgehead atoms. The van der Waals surface area contributed by atoms with Crippen molar-refractivity contribution in [3.63, 3.8) is 0 Å². The van der Waals surface area contributed by atoms with Gasteiger partial charge in [-0.2, -0.15) is 12.7 Å². The van der Waals surface area contributed by atoms with Crippen LogP contribution in [0.5, 0.6) is 0 Å². The monoisotopic (exact) mass is 322 g/mol. The number of amides is 1. The molecule has 0 aromatic carbocycles. The van der Waals surface area contributed by atoms with Gasteiger partial charge < -0.3 is 21.5 Å². The van der Waals surface area contributed by atoms with Crippen LogP contribution in [0.2, 0.25) is 6.32 Å². The van der Waals surface area contributed by atoms with Crippen LogP contribution >= 0.6 is 0 Å². The van der Waals surface area contributed by atoms with E-state index in [1.54, 1.807) is 0 Å². The third-order valence-electron chi connectivity index (χ3n) is 3.48. The Bertz CT molecular complexity index is 458. The molecule has 122 valence electrons. The average molecular weight is 322 g/mol. The summed E-state index contributed by atoms with van der Waals surface area (Å²) in [5.41, 5.74) is 11.2. The summed E-state index contributed by atoms with van der Waals surface area (Å²) < 4.78 is 27.1. The summed E-state index contributed by atoms with van der Waals surface area (Å²) in [6, 6.07) is -1.26. The molecule has 9 nitrogen and oxygen atoms in total. The summed E-state index contributed by atoms with van der Waals surface area (Å²) in [6.45, 7) is 1.71. The van der Waals surface area contributed by atoms with Gasteiger partial charge in [-0.05, 0) is 25.6 Å². The van der Waals surface area contributed by atoms with Gasteiger partial charge >= 0.3 is 17.3 Å². The van der Waals surface area contributed by atoms with Gasteiger partial charge in [0.2, 0.25) is 0 Å². The van der Waals surface area contributed by atoms with E-state index in [4.69, 9.17) is 21.5 Å². The predicted octanol–water partition coefficient (Wildman–Crippen LogP) is -2.79. The van der Waals surface area contributed by atoms with Crippen molar-refractivity contribution in [2.45, 2.75) is 38.2 Å². The normalized spacial score (nSPS) is 24.8. The third-order valence-corrected chi connectivity index (χ3v) is 4.92. The van der Waals surface area contributed by atoms with Gasteiger partial charge in [0.25, 0.3) is 5.91 Å². The van der Waals surface area contributed by atoms with E-state index in [1.807, 2.05) is 4.72 Å². The van der Waals surface area contributed by atoms with Gasteiger partial charge in [-0.1, -0.05) is 6.42 Å². The zero-order valence-electron chi connectivity index (χ0n) is 12.0. The topological polar surface area (TPSA) is 159 Å². The fourth-order valence-corrected chi connectivity index (χ4v) is 3.53. The highest BCUT2D eigenvalue weighted by Crippen LogP contribution is 2.23. The number of hydrogen-bond acceptors (Lipinski definition) is 7. The van der Waals surface area contributed by atoms with Crippen molar-refractivity contribution in [3.05, 3.63) is 0 Å². The first-order chi connectivity index (χ1) is 9.63. The van der Waals surface area contributed by atoms with Crippen LogP contribution in [0.25, 0.3) is 0 Å². The van der Waals surface area contributed by atoms with E-state index in [0.717, 1.165) is 4.31 Å². The van der Waals surface area contributed by atoms with E-state index in [-0.39, 0.29) is 31.4 Å². The Kier molecular flexibility index (Phi) is 6.56. The van der Waals surface area contributed by atoms with Gasteiger partial charge in [0.1, 0.15) is 0 Å². The van der Waals surface area contributed by atoms with Gasteiger partial charge in [0.05, 0.1) is 6.04 Å². The highest BCUT2D eigenvalue weighted by atomic mass is 32.2. The van der Waals surface area contributed by atoms with Crippen LogP contribution < -0.4 is 16.2 Å². The molecule has 0 radical (unpaired) electrons. The Hall–Kier alpha value is -0.715. The highest BCUT2D eigenvalue weighted by Gasteiger charge is 2.37. The number of nitrogens with two attached hydrogens (primary N) is 2. The van der Waals surface area contributed by atoms with Crippen LogP contribution in [0.4, 0.5) is 0 Å². The first kappa shape index (κ1) is 18.3. The van der Waals surface area contributed by atoms with E-state index in [1.165, 1.54) is 6.92 Å². The molecule has 3 atom stereocenters. The van der Waals surface area contributed by atoms with E-state index in [0.29, 0.717) is 12.8 Å². The van der Waals surface area contributed by atoms with Crippen molar-refractivity contribution in [2.24, 2.45) is 17.4 Å². The van der Waals surface area contributed by atoms with Crippen LogP contribution in [-0.4, -0.2) is 61.0 Å². The Morgan fingerprint density at radius 1 is 1.48 bits per heavy atom. The second kappa shape index (κ2) is 7.52. The molecule has 7 N–H and O–H groups in total. The highest BCUT2D eigenvalue weighted by molar-refractivity contribution is 7.87.